The molecule has 5 heteroatoms. The quantitative estimate of drug-likeness (QED) is 0.350. The van der Waals surface area contributed by atoms with Crippen molar-refractivity contribution in [2.45, 2.75) is 83.8 Å². The standard InChI is InChI=1S/C22H38N2O3/c1-5-6-15-24(21(25)27-22(2,3)4)16-9-18-26-17-8-11-19-10-7-12-20(23)14-13-19/h1,10,20H,6-9,11-18,23H2,2-4H3. The van der Waals surface area contributed by atoms with E-state index in [0.717, 1.165) is 51.6 Å². The molecule has 1 amide bonds. The summed E-state index contributed by atoms with van der Waals surface area (Å²) in [6.45, 7) is 8.10. The fourth-order valence-electron chi connectivity index (χ4n) is 3.03. The van der Waals surface area contributed by atoms with E-state index in [9.17, 15) is 4.79 Å². The Balaban J connectivity index is 2.18. The summed E-state index contributed by atoms with van der Waals surface area (Å²) < 4.78 is 11.2. The molecule has 154 valence electrons. The zero-order valence-electron chi connectivity index (χ0n) is 17.5. The lowest BCUT2D eigenvalue weighted by Crippen LogP contribution is -2.38. The molecule has 0 aromatic carbocycles. The van der Waals surface area contributed by atoms with Gasteiger partial charge in [0.05, 0.1) is 0 Å². The van der Waals surface area contributed by atoms with Crippen LogP contribution in [-0.4, -0.2) is 48.9 Å². The predicted molar refractivity (Wildman–Crippen MR) is 110 cm³/mol. The van der Waals surface area contributed by atoms with Gasteiger partial charge in [0, 0.05) is 38.8 Å². The Morgan fingerprint density at radius 2 is 2.04 bits per heavy atom. The average Bonchev–Trinajstić information content (AvgIpc) is 2.79. The molecule has 0 fully saturated rings. The van der Waals surface area contributed by atoms with Crippen LogP contribution in [-0.2, 0) is 9.47 Å². The van der Waals surface area contributed by atoms with Crippen LogP contribution in [0.25, 0.3) is 0 Å². The highest BCUT2D eigenvalue weighted by Crippen LogP contribution is 2.20. The number of rotatable bonds is 10. The molecule has 0 bridgehead atoms. The molecule has 27 heavy (non-hydrogen) atoms. The van der Waals surface area contributed by atoms with E-state index in [1.54, 1.807) is 4.90 Å². The third-order valence-electron chi connectivity index (χ3n) is 4.49. The van der Waals surface area contributed by atoms with Crippen molar-refractivity contribution in [1.29, 1.82) is 0 Å². The highest BCUT2D eigenvalue weighted by molar-refractivity contribution is 5.68. The Bertz CT molecular complexity index is 503. The predicted octanol–water partition coefficient (Wildman–Crippen LogP) is 4.26. The molecule has 0 radical (unpaired) electrons. The smallest absolute Gasteiger partial charge is 0.410 e. The van der Waals surface area contributed by atoms with Crippen molar-refractivity contribution < 1.29 is 14.3 Å². The fourth-order valence-corrected chi connectivity index (χ4v) is 3.03. The maximum atomic E-state index is 12.2. The summed E-state index contributed by atoms with van der Waals surface area (Å²) in [4.78, 5) is 13.9. The first-order valence-electron chi connectivity index (χ1n) is 10.2. The van der Waals surface area contributed by atoms with E-state index in [0.29, 0.717) is 32.2 Å². The van der Waals surface area contributed by atoms with Gasteiger partial charge in [-0.2, -0.15) is 0 Å². The van der Waals surface area contributed by atoms with Gasteiger partial charge in [-0.15, -0.1) is 12.3 Å². The van der Waals surface area contributed by atoms with Crippen molar-refractivity contribution in [1.82, 2.24) is 4.90 Å². The highest BCUT2D eigenvalue weighted by Gasteiger charge is 2.21. The highest BCUT2D eigenvalue weighted by atomic mass is 16.6. The monoisotopic (exact) mass is 378 g/mol. The normalized spacial score (nSPS) is 17.6. The van der Waals surface area contributed by atoms with Crippen molar-refractivity contribution in [3.63, 3.8) is 0 Å². The zero-order valence-corrected chi connectivity index (χ0v) is 17.5. The van der Waals surface area contributed by atoms with Crippen LogP contribution in [0.2, 0.25) is 0 Å². The Hall–Kier alpha value is -1.51. The summed E-state index contributed by atoms with van der Waals surface area (Å²) in [6.07, 6.45) is 15.3. The van der Waals surface area contributed by atoms with Gasteiger partial charge >= 0.3 is 6.09 Å². The molecule has 2 N–H and O–H groups in total. The van der Waals surface area contributed by atoms with Gasteiger partial charge in [-0.3, -0.25) is 0 Å². The minimum absolute atomic E-state index is 0.309. The fraction of sp³-hybridized carbons (Fsp3) is 0.773. The van der Waals surface area contributed by atoms with E-state index in [1.165, 1.54) is 5.57 Å². The first-order valence-corrected chi connectivity index (χ1v) is 10.2. The minimum Gasteiger partial charge on any atom is -0.444 e. The van der Waals surface area contributed by atoms with Crippen molar-refractivity contribution >= 4 is 6.09 Å². The molecule has 0 aromatic rings. The summed E-state index contributed by atoms with van der Waals surface area (Å²) in [5.74, 6) is 2.58. The van der Waals surface area contributed by atoms with Gasteiger partial charge in [-0.1, -0.05) is 11.6 Å². The van der Waals surface area contributed by atoms with E-state index in [1.807, 2.05) is 20.8 Å². The maximum absolute atomic E-state index is 12.2. The molecule has 1 rings (SSSR count). The Morgan fingerprint density at radius 1 is 1.30 bits per heavy atom. The molecule has 0 aliphatic heterocycles. The second-order valence-corrected chi connectivity index (χ2v) is 8.23. The topological polar surface area (TPSA) is 64.8 Å². The summed E-state index contributed by atoms with van der Waals surface area (Å²) in [5.41, 5.74) is 7.03. The van der Waals surface area contributed by atoms with Gasteiger partial charge in [0.25, 0.3) is 0 Å². The molecule has 1 aliphatic carbocycles. The van der Waals surface area contributed by atoms with Crippen LogP contribution in [0.5, 0.6) is 0 Å². The van der Waals surface area contributed by atoms with Crippen molar-refractivity contribution in [3.8, 4) is 12.3 Å². The number of nitrogens with two attached hydrogens (primary N) is 1. The third-order valence-corrected chi connectivity index (χ3v) is 4.49. The molecule has 0 heterocycles. The number of hydrogen-bond acceptors (Lipinski definition) is 4. The molecule has 5 nitrogen and oxygen atoms in total. The van der Waals surface area contributed by atoms with Crippen LogP contribution >= 0.6 is 0 Å². The molecule has 0 aromatic heterocycles. The SMILES string of the molecule is C#CCCN(CCCOCCCC1=CCCC(N)CC1)C(=O)OC(C)(C)C. The first-order chi connectivity index (χ1) is 12.8. The number of amides is 1. The Labute approximate surface area is 165 Å². The van der Waals surface area contributed by atoms with Crippen molar-refractivity contribution in [2.75, 3.05) is 26.3 Å². The Morgan fingerprint density at radius 3 is 2.74 bits per heavy atom. The average molecular weight is 379 g/mol. The zero-order chi connectivity index (χ0) is 20.1. The van der Waals surface area contributed by atoms with Gasteiger partial charge in [0.15, 0.2) is 0 Å². The Kier molecular flexibility index (Phi) is 11.2. The summed E-state index contributed by atoms with van der Waals surface area (Å²) in [7, 11) is 0. The molecular formula is C22H38N2O3. The molecule has 1 unspecified atom stereocenters. The number of carbonyl (C=O) groups excluding carboxylic acids is 1. The van der Waals surface area contributed by atoms with E-state index in [4.69, 9.17) is 21.6 Å². The van der Waals surface area contributed by atoms with Crippen LogP contribution in [0.15, 0.2) is 11.6 Å². The lowest BCUT2D eigenvalue weighted by molar-refractivity contribution is 0.0232. The van der Waals surface area contributed by atoms with E-state index < -0.39 is 5.60 Å². The summed E-state index contributed by atoms with van der Waals surface area (Å²) in [6, 6.07) is 0.359. The van der Waals surface area contributed by atoms with Crippen molar-refractivity contribution in [2.24, 2.45) is 5.73 Å². The summed E-state index contributed by atoms with van der Waals surface area (Å²) >= 11 is 0. The minimum atomic E-state index is -0.501. The second kappa shape index (κ2) is 12.8. The van der Waals surface area contributed by atoms with E-state index in [-0.39, 0.29) is 6.09 Å². The molecule has 0 saturated heterocycles. The number of carbonyl (C=O) groups is 1. The van der Waals surface area contributed by atoms with Gasteiger partial charge in [0.2, 0.25) is 0 Å². The van der Waals surface area contributed by atoms with Crippen LogP contribution in [0.3, 0.4) is 0 Å². The molecule has 0 saturated carbocycles. The largest absolute Gasteiger partial charge is 0.444 e. The van der Waals surface area contributed by atoms with Crippen molar-refractivity contribution in [3.05, 3.63) is 11.6 Å². The van der Waals surface area contributed by atoms with E-state index >= 15 is 0 Å². The van der Waals surface area contributed by atoms with Crippen LogP contribution < -0.4 is 5.73 Å². The van der Waals surface area contributed by atoms with E-state index in [2.05, 4.69) is 12.0 Å². The number of allylic oxidation sites excluding steroid dienone is 2. The molecule has 0 spiro atoms. The maximum Gasteiger partial charge on any atom is 0.410 e. The number of nitrogens with zero attached hydrogens (tertiary/aromatic N) is 1. The molecule has 1 aliphatic rings. The lowest BCUT2D eigenvalue weighted by atomic mass is 10.0. The van der Waals surface area contributed by atoms with Gasteiger partial charge in [-0.25, -0.2) is 4.79 Å². The van der Waals surface area contributed by atoms with Gasteiger partial charge in [0.1, 0.15) is 5.60 Å². The van der Waals surface area contributed by atoms with Gasteiger partial charge in [-0.05, 0) is 65.7 Å². The van der Waals surface area contributed by atoms with Crippen LogP contribution in [0, 0.1) is 12.3 Å². The van der Waals surface area contributed by atoms with Crippen LogP contribution in [0.4, 0.5) is 4.79 Å². The lowest BCUT2D eigenvalue weighted by Gasteiger charge is -2.27. The molecule has 1 atom stereocenters. The summed E-state index contributed by atoms with van der Waals surface area (Å²) in [5, 5.41) is 0. The first kappa shape index (κ1) is 23.5. The van der Waals surface area contributed by atoms with Crippen LogP contribution in [0.1, 0.15) is 72.1 Å². The number of hydrogen-bond donors (Lipinski definition) is 1. The number of ether oxygens (including phenoxy) is 2. The number of terminal acetylenes is 1. The molecular weight excluding hydrogens is 340 g/mol. The third kappa shape index (κ3) is 11.7. The second-order valence-electron chi connectivity index (χ2n) is 8.23. The van der Waals surface area contributed by atoms with Gasteiger partial charge < -0.3 is 20.1 Å².